The minimum absolute atomic E-state index is 0.138. The normalized spacial score (nSPS) is 15.2. The summed E-state index contributed by atoms with van der Waals surface area (Å²) in [5.41, 5.74) is 1.73. The maximum atomic E-state index is 12.5. The van der Waals surface area contributed by atoms with E-state index in [-0.39, 0.29) is 5.91 Å². The van der Waals surface area contributed by atoms with Gasteiger partial charge in [-0.15, -0.1) is 0 Å². The SMILES string of the molecule is O=C(c1ccccc1)N1CCC(CNc2ncnc3ccccc23)CC1. The Hall–Kier alpha value is -2.95. The van der Waals surface area contributed by atoms with Crippen molar-refractivity contribution in [2.75, 3.05) is 25.0 Å². The molecule has 5 nitrogen and oxygen atoms in total. The van der Waals surface area contributed by atoms with Crippen LogP contribution in [0.4, 0.5) is 5.82 Å². The molecule has 132 valence electrons. The summed E-state index contributed by atoms with van der Waals surface area (Å²) in [6.45, 7) is 2.49. The molecule has 0 bridgehead atoms. The number of piperidine rings is 1. The van der Waals surface area contributed by atoms with E-state index in [1.807, 2.05) is 59.5 Å². The van der Waals surface area contributed by atoms with E-state index in [0.29, 0.717) is 5.92 Å². The molecular formula is C21H22N4O. The van der Waals surface area contributed by atoms with Gasteiger partial charge in [-0.25, -0.2) is 9.97 Å². The van der Waals surface area contributed by atoms with Gasteiger partial charge in [0.05, 0.1) is 5.52 Å². The topological polar surface area (TPSA) is 58.1 Å². The first-order valence-electron chi connectivity index (χ1n) is 9.09. The molecule has 0 radical (unpaired) electrons. The summed E-state index contributed by atoms with van der Waals surface area (Å²) in [5.74, 6) is 1.57. The summed E-state index contributed by atoms with van der Waals surface area (Å²) in [5, 5.41) is 4.53. The number of para-hydroxylation sites is 1. The Morgan fingerprint density at radius 1 is 1.00 bits per heavy atom. The van der Waals surface area contributed by atoms with Crippen LogP contribution in [0.2, 0.25) is 0 Å². The minimum Gasteiger partial charge on any atom is -0.369 e. The van der Waals surface area contributed by atoms with Crippen LogP contribution in [-0.2, 0) is 0 Å². The summed E-state index contributed by atoms with van der Waals surface area (Å²) in [6, 6.07) is 17.6. The lowest BCUT2D eigenvalue weighted by Crippen LogP contribution is -2.39. The highest BCUT2D eigenvalue weighted by Gasteiger charge is 2.23. The average molecular weight is 346 g/mol. The molecule has 1 aliphatic rings. The zero-order valence-electron chi connectivity index (χ0n) is 14.6. The number of amides is 1. The molecule has 0 saturated carbocycles. The molecule has 1 aromatic heterocycles. The molecule has 1 saturated heterocycles. The zero-order valence-corrected chi connectivity index (χ0v) is 14.6. The van der Waals surface area contributed by atoms with Gasteiger partial charge in [0, 0.05) is 30.6 Å². The molecule has 0 spiro atoms. The number of rotatable bonds is 4. The van der Waals surface area contributed by atoms with Crippen LogP contribution in [0.1, 0.15) is 23.2 Å². The van der Waals surface area contributed by atoms with Crippen LogP contribution in [0.15, 0.2) is 60.9 Å². The van der Waals surface area contributed by atoms with Crippen molar-refractivity contribution in [1.29, 1.82) is 0 Å². The molecule has 5 heteroatoms. The number of benzene rings is 2. The predicted octanol–water partition coefficient (Wildman–Crippen LogP) is 3.59. The fourth-order valence-corrected chi connectivity index (χ4v) is 3.49. The first kappa shape index (κ1) is 16.5. The molecule has 2 heterocycles. The number of anilines is 1. The summed E-state index contributed by atoms with van der Waals surface area (Å²) < 4.78 is 0. The van der Waals surface area contributed by atoms with Crippen LogP contribution in [0.25, 0.3) is 10.9 Å². The quantitative estimate of drug-likeness (QED) is 0.784. The second-order valence-corrected chi connectivity index (χ2v) is 6.72. The second kappa shape index (κ2) is 7.52. The van der Waals surface area contributed by atoms with E-state index < -0.39 is 0 Å². The van der Waals surface area contributed by atoms with Gasteiger partial charge in [-0.3, -0.25) is 4.79 Å². The second-order valence-electron chi connectivity index (χ2n) is 6.72. The van der Waals surface area contributed by atoms with E-state index in [0.717, 1.165) is 54.8 Å². The van der Waals surface area contributed by atoms with Gasteiger partial charge < -0.3 is 10.2 Å². The van der Waals surface area contributed by atoms with Crippen LogP contribution in [0.3, 0.4) is 0 Å². The Balaban J connectivity index is 1.33. The Morgan fingerprint density at radius 2 is 1.73 bits per heavy atom. The maximum absolute atomic E-state index is 12.5. The molecule has 1 amide bonds. The summed E-state index contributed by atoms with van der Waals surface area (Å²) >= 11 is 0. The average Bonchev–Trinajstić information content (AvgIpc) is 2.73. The van der Waals surface area contributed by atoms with Crippen molar-refractivity contribution in [3.05, 3.63) is 66.5 Å². The van der Waals surface area contributed by atoms with Crippen molar-refractivity contribution in [2.45, 2.75) is 12.8 Å². The highest BCUT2D eigenvalue weighted by atomic mass is 16.2. The number of carbonyl (C=O) groups is 1. The van der Waals surface area contributed by atoms with E-state index in [2.05, 4.69) is 15.3 Å². The van der Waals surface area contributed by atoms with Crippen LogP contribution in [-0.4, -0.2) is 40.4 Å². The lowest BCUT2D eigenvalue weighted by Gasteiger charge is -2.32. The number of nitrogens with one attached hydrogen (secondary N) is 1. The van der Waals surface area contributed by atoms with E-state index in [1.165, 1.54) is 0 Å². The first-order valence-corrected chi connectivity index (χ1v) is 9.09. The Labute approximate surface area is 153 Å². The Kier molecular flexibility index (Phi) is 4.78. The van der Waals surface area contributed by atoms with Crippen molar-refractivity contribution >= 4 is 22.6 Å². The van der Waals surface area contributed by atoms with Crippen molar-refractivity contribution in [3.63, 3.8) is 0 Å². The van der Waals surface area contributed by atoms with Crippen molar-refractivity contribution in [1.82, 2.24) is 14.9 Å². The van der Waals surface area contributed by atoms with Crippen LogP contribution >= 0.6 is 0 Å². The molecule has 3 aromatic rings. The maximum Gasteiger partial charge on any atom is 0.253 e. The van der Waals surface area contributed by atoms with Gasteiger partial charge in [0.15, 0.2) is 0 Å². The predicted molar refractivity (Wildman–Crippen MR) is 103 cm³/mol. The molecule has 2 aromatic carbocycles. The monoisotopic (exact) mass is 346 g/mol. The largest absolute Gasteiger partial charge is 0.369 e. The molecule has 0 aliphatic carbocycles. The molecule has 1 fully saturated rings. The van der Waals surface area contributed by atoms with E-state index in [4.69, 9.17) is 0 Å². The zero-order chi connectivity index (χ0) is 17.8. The summed E-state index contributed by atoms with van der Waals surface area (Å²) in [7, 11) is 0. The van der Waals surface area contributed by atoms with Gasteiger partial charge >= 0.3 is 0 Å². The van der Waals surface area contributed by atoms with Crippen molar-refractivity contribution in [3.8, 4) is 0 Å². The first-order chi connectivity index (χ1) is 12.8. The summed E-state index contributed by atoms with van der Waals surface area (Å²) in [4.78, 5) is 23.2. The lowest BCUT2D eigenvalue weighted by molar-refractivity contribution is 0.0695. The highest BCUT2D eigenvalue weighted by molar-refractivity contribution is 5.94. The number of likely N-dealkylation sites (tertiary alicyclic amines) is 1. The molecule has 4 rings (SSSR count). The molecule has 26 heavy (non-hydrogen) atoms. The number of nitrogens with zero attached hydrogens (tertiary/aromatic N) is 3. The van der Waals surface area contributed by atoms with Crippen molar-refractivity contribution in [2.24, 2.45) is 5.92 Å². The molecule has 0 unspecified atom stereocenters. The van der Waals surface area contributed by atoms with Crippen LogP contribution in [0.5, 0.6) is 0 Å². The number of hydrogen-bond acceptors (Lipinski definition) is 4. The van der Waals surface area contributed by atoms with Crippen molar-refractivity contribution < 1.29 is 4.79 Å². The highest BCUT2D eigenvalue weighted by Crippen LogP contribution is 2.22. The molecular weight excluding hydrogens is 324 g/mol. The van der Waals surface area contributed by atoms with Gasteiger partial charge in [-0.1, -0.05) is 30.3 Å². The lowest BCUT2D eigenvalue weighted by atomic mass is 9.96. The van der Waals surface area contributed by atoms with Gasteiger partial charge in [-0.2, -0.15) is 0 Å². The third kappa shape index (κ3) is 3.52. The summed E-state index contributed by atoms with van der Waals surface area (Å²) in [6.07, 6.45) is 3.62. The van der Waals surface area contributed by atoms with Gasteiger partial charge in [0.2, 0.25) is 0 Å². The fourth-order valence-electron chi connectivity index (χ4n) is 3.49. The number of fused-ring (bicyclic) bond motifs is 1. The molecule has 0 atom stereocenters. The number of aromatic nitrogens is 2. The molecule has 1 aliphatic heterocycles. The fraction of sp³-hybridized carbons (Fsp3) is 0.286. The van der Waals surface area contributed by atoms with E-state index in [9.17, 15) is 4.79 Å². The smallest absolute Gasteiger partial charge is 0.253 e. The van der Waals surface area contributed by atoms with Gasteiger partial charge in [0.25, 0.3) is 5.91 Å². The minimum atomic E-state index is 0.138. The van der Waals surface area contributed by atoms with Gasteiger partial charge in [0.1, 0.15) is 12.1 Å². The van der Waals surface area contributed by atoms with Gasteiger partial charge in [-0.05, 0) is 43.0 Å². The van der Waals surface area contributed by atoms with Crippen LogP contribution in [0, 0.1) is 5.92 Å². The van der Waals surface area contributed by atoms with E-state index >= 15 is 0 Å². The Bertz CT molecular complexity index is 883. The number of carbonyl (C=O) groups excluding carboxylic acids is 1. The molecule has 1 N–H and O–H groups in total. The van der Waals surface area contributed by atoms with E-state index in [1.54, 1.807) is 6.33 Å². The Morgan fingerprint density at radius 3 is 2.54 bits per heavy atom. The third-order valence-electron chi connectivity index (χ3n) is 5.02. The third-order valence-corrected chi connectivity index (χ3v) is 5.02. The number of hydrogen-bond donors (Lipinski definition) is 1. The van der Waals surface area contributed by atoms with Crippen LogP contribution < -0.4 is 5.32 Å². The standard InChI is InChI=1S/C21H22N4O/c26-21(17-6-2-1-3-7-17)25-12-10-16(11-13-25)14-22-20-18-8-4-5-9-19(18)23-15-24-20/h1-9,15-16H,10-14H2,(H,22,23,24).